The third-order valence-electron chi connectivity index (χ3n) is 6.41. The maximum absolute atomic E-state index is 2.42. The van der Waals surface area contributed by atoms with E-state index < -0.39 is 0 Å². The van der Waals surface area contributed by atoms with Crippen LogP contribution in [0.1, 0.15) is 17.5 Å². The highest BCUT2D eigenvalue weighted by atomic mass is 14.4. The van der Waals surface area contributed by atoms with E-state index in [4.69, 9.17) is 0 Å². The summed E-state index contributed by atoms with van der Waals surface area (Å²) in [6.45, 7) is 0. The predicted molar refractivity (Wildman–Crippen MR) is 109 cm³/mol. The van der Waals surface area contributed by atoms with E-state index in [1.807, 2.05) is 0 Å². The molecule has 0 heterocycles. The van der Waals surface area contributed by atoms with Gasteiger partial charge in [-0.25, -0.2) is 0 Å². The molecule has 3 aromatic carbocycles. The van der Waals surface area contributed by atoms with Crippen LogP contribution in [0.5, 0.6) is 0 Å². The summed E-state index contributed by atoms with van der Waals surface area (Å²) in [7, 11) is 0. The van der Waals surface area contributed by atoms with Gasteiger partial charge in [-0.2, -0.15) is 0 Å². The number of aryl methyl sites for hydroxylation is 1. The van der Waals surface area contributed by atoms with Gasteiger partial charge in [0.2, 0.25) is 0 Å². The fourth-order valence-electron chi connectivity index (χ4n) is 5.32. The standard InChI is InChI=1S/C26H20/c1-3-9-19-17(7-1)13-15-23-21-11-5-6-12-22(21)24-16-14-18-8-2-4-10-20(18)26(24)25(19)23/h1-13,15,22,24H,14,16H2. The highest BCUT2D eigenvalue weighted by molar-refractivity contribution is 5.91. The summed E-state index contributed by atoms with van der Waals surface area (Å²) in [4.78, 5) is 0. The summed E-state index contributed by atoms with van der Waals surface area (Å²) in [5, 5.41) is 5.65. The minimum atomic E-state index is 0.511. The average molecular weight is 332 g/mol. The minimum Gasteiger partial charge on any atom is -0.0764 e. The van der Waals surface area contributed by atoms with E-state index in [9.17, 15) is 0 Å². The van der Waals surface area contributed by atoms with Crippen molar-refractivity contribution < 1.29 is 0 Å². The smallest absolute Gasteiger partial charge is 0.00965 e. The van der Waals surface area contributed by atoms with Crippen LogP contribution in [-0.4, -0.2) is 0 Å². The summed E-state index contributed by atoms with van der Waals surface area (Å²) in [6, 6.07) is 22.6. The second-order valence-electron chi connectivity index (χ2n) is 7.65. The van der Waals surface area contributed by atoms with Crippen LogP contribution in [0.15, 0.2) is 85.0 Å². The van der Waals surface area contributed by atoms with Gasteiger partial charge in [0.15, 0.2) is 0 Å². The van der Waals surface area contributed by atoms with Gasteiger partial charge < -0.3 is 0 Å². The van der Waals surface area contributed by atoms with Gasteiger partial charge in [-0.05, 0) is 62.2 Å². The summed E-state index contributed by atoms with van der Waals surface area (Å²) >= 11 is 0. The maximum Gasteiger partial charge on any atom is 0.00965 e. The summed E-state index contributed by atoms with van der Waals surface area (Å²) in [5.74, 6) is 1.09. The second-order valence-corrected chi connectivity index (χ2v) is 7.65. The first-order valence-corrected chi connectivity index (χ1v) is 9.61. The van der Waals surface area contributed by atoms with Crippen molar-refractivity contribution in [3.05, 3.63) is 107 Å². The fraction of sp³-hybridized carbons (Fsp3) is 0.154. The highest BCUT2D eigenvalue weighted by Gasteiger charge is 2.34. The van der Waals surface area contributed by atoms with E-state index in [0.29, 0.717) is 11.8 Å². The fourth-order valence-corrected chi connectivity index (χ4v) is 5.32. The van der Waals surface area contributed by atoms with Crippen LogP contribution in [0.3, 0.4) is 0 Å². The van der Waals surface area contributed by atoms with Crippen molar-refractivity contribution in [3.8, 4) is 0 Å². The van der Waals surface area contributed by atoms with E-state index in [1.54, 1.807) is 5.57 Å². The van der Waals surface area contributed by atoms with Crippen LogP contribution in [0.25, 0.3) is 21.9 Å². The van der Waals surface area contributed by atoms with Crippen LogP contribution in [0, 0.1) is 11.8 Å². The van der Waals surface area contributed by atoms with E-state index in [2.05, 4.69) is 85.0 Å². The van der Waals surface area contributed by atoms with Gasteiger partial charge >= 0.3 is 0 Å². The molecule has 3 aliphatic carbocycles. The van der Waals surface area contributed by atoms with Gasteiger partial charge in [0.25, 0.3) is 0 Å². The Labute approximate surface area is 153 Å². The molecule has 0 N–H and O–H groups in total. The van der Waals surface area contributed by atoms with Crippen LogP contribution in [0.4, 0.5) is 0 Å². The molecular weight excluding hydrogens is 312 g/mol. The molecule has 0 amide bonds. The summed E-state index contributed by atoms with van der Waals surface area (Å²) in [6.07, 6.45) is 11.6. The molecule has 3 aromatic rings. The maximum atomic E-state index is 2.42. The van der Waals surface area contributed by atoms with Gasteiger partial charge in [0, 0.05) is 5.92 Å². The Morgan fingerprint density at radius 2 is 1.69 bits per heavy atom. The van der Waals surface area contributed by atoms with Crippen molar-refractivity contribution >= 4 is 21.9 Å². The topological polar surface area (TPSA) is 0 Å². The Bertz CT molecular complexity index is 1240. The van der Waals surface area contributed by atoms with Crippen molar-refractivity contribution in [1.29, 1.82) is 0 Å². The van der Waals surface area contributed by atoms with Crippen molar-refractivity contribution in [1.82, 2.24) is 0 Å². The number of benzene rings is 3. The monoisotopic (exact) mass is 332 g/mol. The molecule has 0 nitrogen and oxygen atoms in total. The van der Waals surface area contributed by atoms with Crippen LogP contribution in [-0.2, 0) is 6.42 Å². The first-order valence-electron chi connectivity index (χ1n) is 9.61. The lowest BCUT2D eigenvalue weighted by Crippen LogP contribution is -2.42. The molecule has 6 rings (SSSR count). The third-order valence-corrected chi connectivity index (χ3v) is 6.41. The molecule has 26 heavy (non-hydrogen) atoms. The Balaban J connectivity index is 1.90. The lowest BCUT2D eigenvalue weighted by Gasteiger charge is -2.37. The molecule has 0 fully saturated rings. The number of rotatable bonds is 0. The average Bonchev–Trinajstić information content (AvgIpc) is 2.73. The molecule has 0 saturated heterocycles. The largest absolute Gasteiger partial charge is 0.0764 e. The molecule has 2 unspecified atom stereocenters. The summed E-state index contributed by atoms with van der Waals surface area (Å²) < 4.78 is 0. The normalized spacial score (nSPS) is 22.6. The Morgan fingerprint density at radius 1 is 0.808 bits per heavy atom. The highest BCUT2D eigenvalue weighted by Crippen LogP contribution is 2.43. The quantitative estimate of drug-likeness (QED) is 0.568. The molecule has 0 spiro atoms. The van der Waals surface area contributed by atoms with Crippen molar-refractivity contribution in [2.24, 2.45) is 11.8 Å². The first-order chi connectivity index (χ1) is 12.9. The van der Waals surface area contributed by atoms with Crippen LogP contribution >= 0.6 is 0 Å². The Hall–Kier alpha value is -2.86. The molecule has 0 heteroatoms. The van der Waals surface area contributed by atoms with Crippen molar-refractivity contribution in [2.75, 3.05) is 0 Å². The van der Waals surface area contributed by atoms with E-state index >= 15 is 0 Å². The van der Waals surface area contributed by atoms with E-state index in [1.165, 1.54) is 50.8 Å². The van der Waals surface area contributed by atoms with Gasteiger partial charge in [0.05, 0.1) is 0 Å². The number of hydrogen-bond acceptors (Lipinski definition) is 0. The lowest BCUT2D eigenvalue weighted by atomic mass is 9.66. The zero-order valence-corrected chi connectivity index (χ0v) is 14.7. The van der Waals surface area contributed by atoms with E-state index in [0.717, 1.165) is 0 Å². The number of hydrogen-bond donors (Lipinski definition) is 0. The minimum absolute atomic E-state index is 0.511. The zero-order valence-electron chi connectivity index (χ0n) is 14.7. The zero-order chi connectivity index (χ0) is 17.1. The van der Waals surface area contributed by atoms with Gasteiger partial charge in [-0.15, -0.1) is 0 Å². The molecule has 0 bridgehead atoms. The first kappa shape index (κ1) is 14.3. The number of allylic oxidation sites excluding steroid dienone is 4. The second kappa shape index (κ2) is 5.32. The van der Waals surface area contributed by atoms with Gasteiger partial charge in [-0.3, -0.25) is 0 Å². The number of fused-ring (bicyclic) bond motifs is 8. The summed E-state index contributed by atoms with van der Waals surface area (Å²) in [5.41, 5.74) is 6.06. The van der Waals surface area contributed by atoms with Crippen LogP contribution in [0.2, 0.25) is 0 Å². The lowest BCUT2D eigenvalue weighted by molar-refractivity contribution is 0.518. The molecule has 0 aromatic heterocycles. The predicted octanol–water partition coefficient (Wildman–Crippen LogP) is 4.51. The molecule has 124 valence electrons. The molecule has 2 atom stereocenters. The van der Waals surface area contributed by atoms with Crippen molar-refractivity contribution in [2.45, 2.75) is 12.8 Å². The van der Waals surface area contributed by atoms with Crippen LogP contribution < -0.4 is 10.4 Å². The third kappa shape index (κ3) is 1.85. The van der Waals surface area contributed by atoms with Crippen molar-refractivity contribution in [3.63, 3.8) is 0 Å². The Kier molecular flexibility index (Phi) is 2.93. The van der Waals surface area contributed by atoms with E-state index in [-0.39, 0.29) is 0 Å². The van der Waals surface area contributed by atoms with Gasteiger partial charge in [0.1, 0.15) is 0 Å². The van der Waals surface area contributed by atoms with Gasteiger partial charge in [-0.1, -0.05) is 85.0 Å². The molecule has 0 aliphatic heterocycles. The molecule has 0 radical (unpaired) electrons. The Morgan fingerprint density at radius 3 is 2.69 bits per heavy atom. The SMILES string of the molecule is C1=CC2=c3ccc4ccccc4c3=C3c4ccccc4CCC3C2C=C1. The molecule has 0 saturated carbocycles. The molecular formula is C26H20. The molecule has 3 aliphatic rings.